The monoisotopic (exact) mass is 465 g/mol. The summed E-state index contributed by atoms with van der Waals surface area (Å²) in [6.07, 6.45) is 0.945. The molecule has 1 heterocycles. The van der Waals surface area contributed by atoms with E-state index in [1.165, 1.54) is 12.7 Å². The van der Waals surface area contributed by atoms with Gasteiger partial charge in [0.25, 0.3) is 0 Å². The Morgan fingerprint density at radius 3 is 2.48 bits per heavy atom. The minimum absolute atomic E-state index is 0.143. The van der Waals surface area contributed by atoms with Crippen LogP contribution in [0.1, 0.15) is 22.7 Å². The van der Waals surface area contributed by atoms with Gasteiger partial charge < -0.3 is 14.5 Å². The van der Waals surface area contributed by atoms with E-state index in [4.69, 9.17) is 4.74 Å². The fourth-order valence-electron chi connectivity index (χ4n) is 4.35. The summed E-state index contributed by atoms with van der Waals surface area (Å²) in [5.41, 5.74) is 5.48. The van der Waals surface area contributed by atoms with Crippen molar-refractivity contribution in [2.75, 3.05) is 44.1 Å². The van der Waals surface area contributed by atoms with Crippen molar-refractivity contribution in [2.45, 2.75) is 24.3 Å². The fraction of sp³-hybridized carbons (Fsp3) is 0.308. The summed E-state index contributed by atoms with van der Waals surface area (Å²) in [6, 6.07) is 21.7. The molecule has 33 heavy (non-hydrogen) atoms. The molecule has 1 atom stereocenters. The van der Waals surface area contributed by atoms with Crippen molar-refractivity contribution in [3.8, 4) is 5.75 Å². The number of aryl methyl sites for hydroxylation is 1. The molecule has 0 bridgehead atoms. The highest BCUT2D eigenvalue weighted by Gasteiger charge is 2.29. The number of ether oxygens (including phenoxy) is 1. The largest absolute Gasteiger partial charge is 0.495 e. The van der Waals surface area contributed by atoms with E-state index >= 15 is 0 Å². The van der Waals surface area contributed by atoms with Crippen LogP contribution in [0.5, 0.6) is 5.75 Å². The molecule has 1 aliphatic heterocycles. The van der Waals surface area contributed by atoms with E-state index in [-0.39, 0.29) is 17.5 Å². The predicted molar refractivity (Wildman–Crippen MR) is 134 cm³/mol. The molecule has 1 aliphatic rings. The Balaban J connectivity index is 1.67. The van der Waals surface area contributed by atoms with Gasteiger partial charge in [0.05, 0.1) is 13.2 Å². The van der Waals surface area contributed by atoms with Crippen LogP contribution >= 0.6 is 0 Å². The van der Waals surface area contributed by atoms with Gasteiger partial charge in [0.2, 0.25) is 10.0 Å². The van der Waals surface area contributed by atoms with Crippen molar-refractivity contribution in [1.82, 2.24) is 4.72 Å². The molecule has 0 radical (unpaired) electrons. The molecule has 0 aromatic heterocycles. The average Bonchev–Trinajstić information content (AvgIpc) is 3.23. The van der Waals surface area contributed by atoms with Gasteiger partial charge in [-0.15, -0.1) is 0 Å². The van der Waals surface area contributed by atoms with Crippen molar-refractivity contribution in [1.29, 1.82) is 0 Å². The number of hydrogen-bond acceptors (Lipinski definition) is 5. The molecule has 1 N–H and O–H groups in total. The molecule has 0 saturated carbocycles. The number of para-hydroxylation sites is 1. The van der Waals surface area contributed by atoms with Crippen molar-refractivity contribution in [2.24, 2.45) is 0 Å². The van der Waals surface area contributed by atoms with Crippen molar-refractivity contribution in [3.63, 3.8) is 0 Å². The number of rotatable bonds is 8. The van der Waals surface area contributed by atoms with Crippen LogP contribution in [-0.2, 0) is 16.4 Å². The first-order valence-electron chi connectivity index (χ1n) is 11.1. The predicted octanol–water partition coefficient (Wildman–Crippen LogP) is 4.15. The number of fused-ring (bicyclic) bond motifs is 1. The Hall–Kier alpha value is -3.03. The molecule has 174 valence electrons. The normalized spacial score (nSPS) is 14.1. The summed E-state index contributed by atoms with van der Waals surface area (Å²) in [4.78, 5) is 4.51. The lowest BCUT2D eigenvalue weighted by atomic mass is 10.0. The molecule has 6 nitrogen and oxygen atoms in total. The Morgan fingerprint density at radius 1 is 1.06 bits per heavy atom. The molecule has 0 spiro atoms. The number of nitrogens with one attached hydrogen (secondary N) is 1. The maximum absolute atomic E-state index is 13.3. The van der Waals surface area contributed by atoms with Gasteiger partial charge in [-0.3, -0.25) is 0 Å². The minimum atomic E-state index is -3.77. The molecule has 0 aliphatic carbocycles. The van der Waals surface area contributed by atoms with E-state index in [0.29, 0.717) is 5.75 Å². The number of hydrogen-bond donors (Lipinski definition) is 1. The first kappa shape index (κ1) is 23.1. The molecular formula is C26H31N3O3S. The Labute approximate surface area is 196 Å². The zero-order valence-corrected chi connectivity index (χ0v) is 20.4. The summed E-state index contributed by atoms with van der Waals surface area (Å²) >= 11 is 0. The van der Waals surface area contributed by atoms with Crippen LogP contribution in [0.3, 0.4) is 0 Å². The highest BCUT2D eigenvalue weighted by Crippen LogP contribution is 2.35. The van der Waals surface area contributed by atoms with Crippen LogP contribution in [0.2, 0.25) is 0 Å². The fourth-order valence-corrected chi connectivity index (χ4v) is 5.64. The summed E-state index contributed by atoms with van der Waals surface area (Å²) in [7, 11) is 1.73. The number of anilines is 2. The van der Waals surface area contributed by atoms with Gasteiger partial charge in [-0.2, -0.15) is 0 Å². The van der Waals surface area contributed by atoms with E-state index < -0.39 is 10.0 Å². The molecule has 0 fully saturated rings. The zero-order chi connectivity index (χ0) is 23.6. The molecular weight excluding hydrogens is 434 g/mol. The summed E-state index contributed by atoms with van der Waals surface area (Å²) in [5, 5.41) is 0. The van der Waals surface area contributed by atoms with Gasteiger partial charge in [-0.05, 0) is 60.4 Å². The molecule has 0 amide bonds. The van der Waals surface area contributed by atoms with Gasteiger partial charge in [0, 0.05) is 38.6 Å². The van der Waals surface area contributed by atoms with Crippen molar-refractivity contribution >= 4 is 21.4 Å². The average molecular weight is 466 g/mol. The number of benzene rings is 3. The van der Waals surface area contributed by atoms with Gasteiger partial charge in [0.1, 0.15) is 10.6 Å². The Morgan fingerprint density at radius 2 is 1.79 bits per heavy atom. The lowest BCUT2D eigenvalue weighted by molar-refractivity contribution is 0.402. The second-order valence-corrected chi connectivity index (χ2v) is 10.3. The second kappa shape index (κ2) is 9.45. The number of sulfonamides is 1. The van der Waals surface area contributed by atoms with Crippen molar-refractivity contribution < 1.29 is 13.2 Å². The van der Waals surface area contributed by atoms with E-state index in [2.05, 4.69) is 57.0 Å². The van der Waals surface area contributed by atoms with Crippen LogP contribution in [0.25, 0.3) is 0 Å². The first-order valence-corrected chi connectivity index (χ1v) is 12.5. The molecule has 4 rings (SSSR count). The third-order valence-electron chi connectivity index (χ3n) is 6.17. The summed E-state index contributed by atoms with van der Waals surface area (Å²) in [5.74, 6) is 0.339. The third kappa shape index (κ3) is 4.84. The van der Waals surface area contributed by atoms with Crippen LogP contribution < -0.4 is 19.3 Å². The third-order valence-corrected chi connectivity index (χ3v) is 7.61. The quantitative estimate of drug-likeness (QED) is 0.542. The van der Waals surface area contributed by atoms with Gasteiger partial charge in [-0.1, -0.05) is 36.4 Å². The first-order chi connectivity index (χ1) is 15.8. The highest BCUT2D eigenvalue weighted by atomic mass is 32.2. The highest BCUT2D eigenvalue weighted by molar-refractivity contribution is 7.89. The van der Waals surface area contributed by atoms with Crippen molar-refractivity contribution in [3.05, 3.63) is 83.4 Å². The maximum Gasteiger partial charge on any atom is 0.244 e. The van der Waals surface area contributed by atoms with Crippen LogP contribution in [0.4, 0.5) is 11.4 Å². The molecule has 0 unspecified atom stereocenters. The number of nitrogens with zero attached hydrogens (tertiary/aromatic N) is 2. The second-order valence-electron chi connectivity index (χ2n) is 8.58. The Kier molecular flexibility index (Phi) is 6.63. The Bertz CT molecular complexity index is 1220. The summed E-state index contributed by atoms with van der Waals surface area (Å²) < 4.78 is 34.8. The van der Waals surface area contributed by atoms with E-state index in [1.807, 2.05) is 33.2 Å². The standard InChI is InChI=1S/C26H31N3O3S/c1-19-9-14-25(32-4)26(17-19)33(30,31)27-18-24(21-10-12-22(13-11-21)28(2)3)29-16-15-20-7-5-6-8-23(20)29/h5-14,17,24,27H,15-16,18H2,1-4H3/t24-/m1/s1. The van der Waals surface area contributed by atoms with Crippen LogP contribution in [0.15, 0.2) is 71.6 Å². The molecule has 7 heteroatoms. The maximum atomic E-state index is 13.3. The summed E-state index contributed by atoms with van der Waals surface area (Å²) in [6.45, 7) is 2.96. The molecule has 0 saturated heterocycles. The van der Waals surface area contributed by atoms with Crippen LogP contribution in [0, 0.1) is 6.92 Å². The van der Waals surface area contributed by atoms with E-state index in [1.54, 1.807) is 12.1 Å². The van der Waals surface area contributed by atoms with E-state index in [0.717, 1.165) is 35.5 Å². The smallest absolute Gasteiger partial charge is 0.244 e. The zero-order valence-electron chi connectivity index (χ0n) is 19.6. The molecule has 3 aromatic rings. The molecule has 3 aromatic carbocycles. The van der Waals surface area contributed by atoms with Crippen LogP contribution in [-0.4, -0.2) is 42.7 Å². The number of methoxy groups -OCH3 is 1. The van der Waals surface area contributed by atoms with Gasteiger partial charge in [0.15, 0.2) is 0 Å². The lowest BCUT2D eigenvalue weighted by Crippen LogP contribution is -2.37. The lowest BCUT2D eigenvalue weighted by Gasteiger charge is -2.31. The van der Waals surface area contributed by atoms with Gasteiger partial charge >= 0.3 is 0 Å². The van der Waals surface area contributed by atoms with Gasteiger partial charge in [-0.25, -0.2) is 13.1 Å². The minimum Gasteiger partial charge on any atom is -0.495 e. The topological polar surface area (TPSA) is 61.9 Å². The van der Waals surface area contributed by atoms with E-state index in [9.17, 15) is 8.42 Å². The SMILES string of the molecule is COc1ccc(C)cc1S(=O)(=O)NC[C@H](c1ccc(N(C)C)cc1)N1CCc2ccccc21.